The van der Waals surface area contributed by atoms with Gasteiger partial charge in [-0.3, -0.25) is 10.4 Å². The number of fused-ring (bicyclic) bond motifs is 1. The van der Waals surface area contributed by atoms with Crippen LogP contribution < -0.4 is 10.7 Å². The van der Waals surface area contributed by atoms with Crippen molar-refractivity contribution in [3.63, 3.8) is 0 Å². The monoisotopic (exact) mass is 252 g/mol. The molecule has 0 saturated heterocycles. The number of para-hydroxylation sites is 1. The number of benzene rings is 1. The predicted molar refractivity (Wildman–Crippen MR) is 74.2 cm³/mol. The number of pyridine rings is 1. The van der Waals surface area contributed by atoms with Crippen LogP contribution in [0.5, 0.6) is 0 Å². The first-order valence-corrected chi connectivity index (χ1v) is 5.87. The van der Waals surface area contributed by atoms with Crippen LogP contribution in [0.3, 0.4) is 0 Å². The van der Waals surface area contributed by atoms with Gasteiger partial charge in [-0.15, -0.1) is 0 Å². The second-order valence-electron chi connectivity index (χ2n) is 4.05. The SMILES string of the molecule is O=C(Nc1ccncc1)N1C=Cc2ccccc2N1. The lowest BCUT2D eigenvalue weighted by Crippen LogP contribution is -2.36. The van der Waals surface area contributed by atoms with Gasteiger partial charge in [0.25, 0.3) is 0 Å². The highest BCUT2D eigenvalue weighted by atomic mass is 16.2. The van der Waals surface area contributed by atoms with E-state index in [1.54, 1.807) is 30.7 Å². The number of carbonyl (C=O) groups is 1. The molecule has 0 spiro atoms. The molecule has 5 heteroatoms. The van der Waals surface area contributed by atoms with Crippen LogP contribution >= 0.6 is 0 Å². The van der Waals surface area contributed by atoms with E-state index < -0.39 is 0 Å². The van der Waals surface area contributed by atoms with Crippen LogP contribution in [-0.4, -0.2) is 16.0 Å². The van der Waals surface area contributed by atoms with Gasteiger partial charge in [0.15, 0.2) is 0 Å². The number of nitrogens with zero attached hydrogens (tertiary/aromatic N) is 2. The lowest BCUT2D eigenvalue weighted by molar-refractivity contribution is 0.235. The van der Waals surface area contributed by atoms with Crippen molar-refractivity contribution in [3.05, 3.63) is 60.6 Å². The van der Waals surface area contributed by atoms with E-state index in [1.807, 2.05) is 30.3 Å². The van der Waals surface area contributed by atoms with Crippen molar-refractivity contribution in [1.29, 1.82) is 0 Å². The van der Waals surface area contributed by atoms with Crippen molar-refractivity contribution in [3.8, 4) is 0 Å². The first kappa shape index (κ1) is 11.3. The Hall–Kier alpha value is -2.82. The molecule has 5 nitrogen and oxygen atoms in total. The zero-order valence-corrected chi connectivity index (χ0v) is 10.1. The topological polar surface area (TPSA) is 57.3 Å². The summed E-state index contributed by atoms with van der Waals surface area (Å²) in [6.45, 7) is 0. The number of rotatable bonds is 1. The number of hydrogen-bond acceptors (Lipinski definition) is 3. The minimum atomic E-state index is -0.253. The van der Waals surface area contributed by atoms with Gasteiger partial charge in [-0.2, -0.15) is 0 Å². The van der Waals surface area contributed by atoms with E-state index >= 15 is 0 Å². The summed E-state index contributed by atoms with van der Waals surface area (Å²) < 4.78 is 0. The molecule has 2 heterocycles. The highest BCUT2D eigenvalue weighted by molar-refractivity contribution is 5.92. The quantitative estimate of drug-likeness (QED) is 0.820. The number of carbonyl (C=O) groups excluding carboxylic acids is 1. The number of hydrogen-bond donors (Lipinski definition) is 2. The third-order valence-electron chi connectivity index (χ3n) is 2.76. The summed E-state index contributed by atoms with van der Waals surface area (Å²) in [6.07, 6.45) is 6.84. The Labute approximate surface area is 110 Å². The van der Waals surface area contributed by atoms with E-state index in [0.717, 1.165) is 11.3 Å². The molecule has 19 heavy (non-hydrogen) atoms. The van der Waals surface area contributed by atoms with E-state index in [1.165, 1.54) is 5.01 Å². The van der Waals surface area contributed by atoms with Crippen LogP contribution in [-0.2, 0) is 0 Å². The maximum atomic E-state index is 12.1. The van der Waals surface area contributed by atoms with E-state index in [2.05, 4.69) is 15.7 Å². The Balaban J connectivity index is 1.73. The van der Waals surface area contributed by atoms with Gasteiger partial charge < -0.3 is 5.32 Å². The smallest absolute Gasteiger partial charge is 0.306 e. The lowest BCUT2D eigenvalue weighted by atomic mass is 10.1. The van der Waals surface area contributed by atoms with Crippen molar-refractivity contribution in [2.45, 2.75) is 0 Å². The molecule has 0 bridgehead atoms. The van der Waals surface area contributed by atoms with Gasteiger partial charge in [0.05, 0.1) is 5.69 Å². The summed E-state index contributed by atoms with van der Waals surface area (Å²) in [5.74, 6) is 0. The first-order valence-electron chi connectivity index (χ1n) is 5.87. The number of aromatic nitrogens is 1. The molecule has 2 amide bonds. The summed E-state index contributed by atoms with van der Waals surface area (Å²) in [6, 6.07) is 11.0. The maximum absolute atomic E-state index is 12.1. The maximum Gasteiger partial charge on any atom is 0.344 e. The molecule has 0 aliphatic carbocycles. The molecule has 2 N–H and O–H groups in total. The van der Waals surface area contributed by atoms with E-state index in [-0.39, 0.29) is 6.03 Å². The number of hydrazine groups is 1. The number of urea groups is 1. The van der Waals surface area contributed by atoms with Gasteiger partial charge in [-0.1, -0.05) is 18.2 Å². The van der Waals surface area contributed by atoms with Crippen molar-refractivity contribution in [1.82, 2.24) is 9.99 Å². The molecule has 3 rings (SSSR count). The Morgan fingerprint density at radius 1 is 1.16 bits per heavy atom. The van der Waals surface area contributed by atoms with Crippen molar-refractivity contribution in [2.24, 2.45) is 0 Å². The first-order chi connectivity index (χ1) is 9.33. The summed E-state index contributed by atoms with van der Waals surface area (Å²) in [5, 5.41) is 4.18. The van der Waals surface area contributed by atoms with Gasteiger partial charge in [-0.05, 0) is 24.3 Å². The van der Waals surface area contributed by atoms with E-state index in [0.29, 0.717) is 5.69 Å². The zero-order chi connectivity index (χ0) is 13.1. The molecule has 94 valence electrons. The minimum absolute atomic E-state index is 0.253. The van der Waals surface area contributed by atoms with Crippen LogP contribution in [0.15, 0.2) is 55.0 Å². The molecule has 0 radical (unpaired) electrons. The molecule has 0 saturated carbocycles. The van der Waals surface area contributed by atoms with Crippen LogP contribution in [0.2, 0.25) is 0 Å². The minimum Gasteiger partial charge on any atom is -0.306 e. The average Bonchev–Trinajstić information content (AvgIpc) is 2.48. The Morgan fingerprint density at radius 3 is 2.79 bits per heavy atom. The molecular formula is C14H12N4O. The van der Waals surface area contributed by atoms with Gasteiger partial charge >= 0.3 is 6.03 Å². The number of anilines is 2. The fraction of sp³-hybridized carbons (Fsp3) is 0. The normalized spacial score (nSPS) is 12.5. The Kier molecular flexibility index (Phi) is 2.86. The molecule has 0 atom stereocenters. The van der Waals surface area contributed by atoms with Gasteiger partial charge in [0.1, 0.15) is 0 Å². The number of amides is 2. The van der Waals surface area contributed by atoms with E-state index in [9.17, 15) is 4.79 Å². The van der Waals surface area contributed by atoms with Crippen LogP contribution in [0.25, 0.3) is 6.08 Å². The van der Waals surface area contributed by atoms with Crippen LogP contribution in [0, 0.1) is 0 Å². The standard InChI is InChI=1S/C14H12N4O/c19-14(16-12-5-8-15-9-6-12)18-10-7-11-3-1-2-4-13(11)17-18/h1-10,17H,(H,15,16,19). The molecule has 0 fully saturated rings. The fourth-order valence-corrected chi connectivity index (χ4v) is 1.80. The highest BCUT2D eigenvalue weighted by Gasteiger charge is 2.15. The lowest BCUT2D eigenvalue weighted by Gasteiger charge is -2.25. The largest absolute Gasteiger partial charge is 0.344 e. The second kappa shape index (κ2) is 4.81. The Bertz CT molecular complexity index is 624. The fourth-order valence-electron chi connectivity index (χ4n) is 1.80. The molecule has 1 aliphatic heterocycles. The highest BCUT2D eigenvalue weighted by Crippen LogP contribution is 2.22. The molecule has 1 aliphatic rings. The number of nitrogens with one attached hydrogen (secondary N) is 2. The summed E-state index contributed by atoms with van der Waals surface area (Å²) in [5.41, 5.74) is 5.69. The van der Waals surface area contributed by atoms with Crippen molar-refractivity contribution >= 4 is 23.5 Å². The molecule has 2 aromatic rings. The third-order valence-corrected chi connectivity index (χ3v) is 2.76. The van der Waals surface area contributed by atoms with Gasteiger partial charge in [0.2, 0.25) is 0 Å². The third kappa shape index (κ3) is 2.40. The summed E-state index contributed by atoms with van der Waals surface area (Å²) >= 11 is 0. The molecular weight excluding hydrogens is 240 g/mol. The van der Waals surface area contributed by atoms with Crippen LogP contribution in [0.1, 0.15) is 5.56 Å². The van der Waals surface area contributed by atoms with Crippen LogP contribution in [0.4, 0.5) is 16.2 Å². The summed E-state index contributed by atoms with van der Waals surface area (Å²) in [7, 11) is 0. The summed E-state index contributed by atoms with van der Waals surface area (Å²) in [4.78, 5) is 16.0. The van der Waals surface area contributed by atoms with Gasteiger partial charge in [0, 0.05) is 29.8 Å². The van der Waals surface area contributed by atoms with Crippen molar-refractivity contribution < 1.29 is 4.79 Å². The Morgan fingerprint density at radius 2 is 1.95 bits per heavy atom. The van der Waals surface area contributed by atoms with Gasteiger partial charge in [-0.25, -0.2) is 9.80 Å². The molecule has 1 aromatic carbocycles. The second-order valence-corrected chi connectivity index (χ2v) is 4.05. The zero-order valence-electron chi connectivity index (χ0n) is 10.1. The molecule has 0 unspecified atom stereocenters. The molecule has 1 aromatic heterocycles. The average molecular weight is 252 g/mol. The van der Waals surface area contributed by atoms with Crippen molar-refractivity contribution in [2.75, 3.05) is 10.7 Å². The van der Waals surface area contributed by atoms with E-state index in [4.69, 9.17) is 0 Å². The predicted octanol–water partition coefficient (Wildman–Crippen LogP) is 2.93.